The van der Waals surface area contributed by atoms with Gasteiger partial charge in [0.1, 0.15) is 24.5 Å². The van der Waals surface area contributed by atoms with E-state index in [4.69, 9.17) is 23.7 Å². The first kappa shape index (κ1) is 33.6. The molecule has 48 heavy (non-hydrogen) atoms. The highest BCUT2D eigenvalue weighted by Gasteiger charge is 2.37. The van der Waals surface area contributed by atoms with Gasteiger partial charge in [-0.1, -0.05) is 61.5 Å². The number of amides is 4. The number of rotatable bonds is 15. The lowest BCUT2D eigenvalue weighted by atomic mass is 10.1. The molecule has 0 bridgehead atoms. The van der Waals surface area contributed by atoms with E-state index in [-0.39, 0.29) is 17.9 Å². The lowest BCUT2D eigenvalue weighted by molar-refractivity contribution is -0.122. The largest absolute Gasteiger partial charge is 0.490 e. The van der Waals surface area contributed by atoms with Crippen molar-refractivity contribution in [1.29, 1.82) is 0 Å². The number of urea groups is 1. The molecular weight excluding hydrogens is 612 g/mol. The van der Waals surface area contributed by atoms with Crippen molar-refractivity contribution in [2.24, 2.45) is 0 Å². The standard InChI is InChI=1S/C38H38N2O8/c1-4-20-46-32-19-17-29(23-35(32)45-6-3)40-37(42)30(36(41)39-38(40)43)22-28-14-10-11-15-31(28)47-25-27-16-18-33(34(21-27)44-5-2)48-24-26-12-8-7-9-13-26/h7-19,21-23H,4-6,20,24-25H2,1-3H3,(H,39,41,43)/b30-22+. The van der Waals surface area contributed by atoms with Crippen molar-refractivity contribution >= 4 is 29.6 Å². The first-order valence-corrected chi connectivity index (χ1v) is 15.9. The third-order valence-corrected chi connectivity index (χ3v) is 7.21. The van der Waals surface area contributed by atoms with Gasteiger partial charge in [-0.15, -0.1) is 0 Å². The highest BCUT2D eigenvalue weighted by molar-refractivity contribution is 6.39. The third kappa shape index (κ3) is 8.14. The number of hydrogen-bond acceptors (Lipinski definition) is 8. The van der Waals surface area contributed by atoms with Crippen LogP contribution in [0.2, 0.25) is 0 Å². The fraction of sp³-hybridized carbons (Fsp3) is 0.237. The number of para-hydroxylation sites is 1. The number of carbonyl (C=O) groups is 3. The van der Waals surface area contributed by atoms with Crippen LogP contribution in [0.25, 0.3) is 6.08 Å². The highest BCUT2D eigenvalue weighted by Crippen LogP contribution is 2.35. The Morgan fingerprint density at radius 2 is 1.27 bits per heavy atom. The molecule has 1 N–H and O–H groups in total. The molecule has 1 aliphatic rings. The molecule has 0 saturated carbocycles. The number of anilines is 1. The number of imide groups is 2. The van der Waals surface area contributed by atoms with Gasteiger partial charge in [-0.05, 0) is 67.8 Å². The smallest absolute Gasteiger partial charge is 0.335 e. The number of nitrogens with zero attached hydrogens (tertiary/aromatic N) is 1. The Morgan fingerprint density at radius 1 is 0.625 bits per heavy atom. The van der Waals surface area contributed by atoms with Crippen molar-refractivity contribution < 1.29 is 38.1 Å². The minimum atomic E-state index is -0.863. The van der Waals surface area contributed by atoms with Crippen LogP contribution in [-0.2, 0) is 22.8 Å². The van der Waals surface area contributed by atoms with Gasteiger partial charge in [0.2, 0.25) is 0 Å². The van der Waals surface area contributed by atoms with Crippen molar-refractivity contribution in [3.63, 3.8) is 0 Å². The summed E-state index contributed by atoms with van der Waals surface area (Å²) >= 11 is 0. The van der Waals surface area contributed by atoms with Crippen molar-refractivity contribution in [1.82, 2.24) is 5.32 Å². The lowest BCUT2D eigenvalue weighted by Crippen LogP contribution is -2.54. The fourth-order valence-electron chi connectivity index (χ4n) is 4.94. The Bertz CT molecular complexity index is 1790. The van der Waals surface area contributed by atoms with Crippen LogP contribution in [0.4, 0.5) is 10.5 Å². The zero-order valence-electron chi connectivity index (χ0n) is 27.2. The van der Waals surface area contributed by atoms with Crippen LogP contribution in [0.5, 0.6) is 28.7 Å². The van der Waals surface area contributed by atoms with E-state index in [0.717, 1.165) is 22.4 Å². The summed E-state index contributed by atoms with van der Waals surface area (Å²) in [6.45, 7) is 7.58. The molecule has 1 fully saturated rings. The van der Waals surface area contributed by atoms with Crippen molar-refractivity contribution in [3.8, 4) is 28.7 Å². The molecule has 4 amide bonds. The van der Waals surface area contributed by atoms with Gasteiger partial charge in [0.15, 0.2) is 23.0 Å². The van der Waals surface area contributed by atoms with Gasteiger partial charge < -0.3 is 23.7 Å². The van der Waals surface area contributed by atoms with E-state index in [0.29, 0.717) is 60.7 Å². The van der Waals surface area contributed by atoms with E-state index in [9.17, 15) is 14.4 Å². The normalized spacial score (nSPS) is 13.7. The summed E-state index contributed by atoms with van der Waals surface area (Å²) < 4.78 is 29.5. The Morgan fingerprint density at radius 3 is 2.02 bits per heavy atom. The third-order valence-electron chi connectivity index (χ3n) is 7.21. The summed E-state index contributed by atoms with van der Waals surface area (Å²) in [6.07, 6.45) is 2.22. The van der Waals surface area contributed by atoms with E-state index < -0.39 is 17.8 Å². The van der Waals surface area contributed by atoms with E-state index in [1.807, 2.05) is 69.3 Å². The summed E-state index contributed by atoms with van der Waals surface area (Å²) in [5, 5.41) is 2.27. The molecule has 0 aromatic heterocycles. The number of barbiturate groups is 1. The minimum absolute atomic E-state index is 0.177. The fourth-order valence-corrected chi connectivity index (χ4v) is 4.94. The van der Waals surface area contributed by atoms with Crippen LogP contribution >= 0.6 is 0 Å². The maximum Gasteiger partial charge on any atom is 0.335 e. The minimum Gasteiger partial charge on any atom is -0.490 e. The molecule has 1 aliphatic heterocycles. The van der Waals surface area contributed by atoms with Crippen molar-refractivity contribution in [3.05, 3.63) is 113 Å². The van der Waals surface area contributed by atoms with Gasteiger partial charge in [0.05, 0.1) is 25.5 Å². The van der Waals surface area contributed by atoms with E-state index >= 15 is 0 Å². The number of carbonyl (C=O) groups excluding carboxylic acids is 3. The Labute approximate surface area is 279 Å². The number of hydrogen-bond donors (Lipinski definition) is 1. The summed E-state index contributed by atoms with van der Waals surface area (Å²) in [6, 6.07) is 26.4. The van der Waals surface area contributed by atoms with Crippen LogP contribution < -0.4 is 33.9 Å². The Hall–Kier alpha value is -5.77. The molecule has 248 valence electrons. The maximum absolute atomic E-state index is 13.7. The van der Waals surface area contributed by atoms with E-state index in [2.05, 4.69) is 5.32 Å². The average molecular weight is 651 g/mol. The SMILES string of the molecule is CCCOc1ccc(N2C(=O)NC(=O)/C(=C\c3ccccc3OCc3ccc(OCc4ccccc4)c(OCC)c3)C2=O)cc1OCC. The summed E-state index contributed by atoms with van der Waals surface area (Å²) in [5.74, 6) is 0.935. The van der Waals surface area contributed by atoms with Crippen LogP contribution in [-0.4, -0.2) is 37.7 Å². The van der Waals surface area contributed by atoms with Crippen LogP contribution in [0.1, 0.15) is 43.9 Å². The van der Waals surface area contributed by atoms with Crippen molar-refractivity contribution in [2.45, 2.75) is 40.4 Å². The zero-order chi connectivity index (χ0) is 33.9. The summed E-state index contributed by atoms with van der Waals surface area (Å²) in [5.41, 5.74) is 2.35. The van der Waals surface area contributed by atoms with Gasteiger partial charge in [-0.2, -0.15) is 0 Å². The molecule has 1 heterocycles. The molecule has 4 aromatic carbocycles. The first-order chi connectivity index (χ1) is 23.4. The quantitative estimate of drug-likeness (QED) is 0.107. The number of ether oxygens (including phenoxy) is 5. The summed E-state index contributed by atoms with van der Waals surface area (Å²) in [7, 11) is 0. The Kier molecular flexibility index (Phi) is 11.3. The summed E-state index contributed by atoms with van der Waals surface area (Å²) in [4.78, 5) is 40.4. The maximum atomic E-state index is 13.7. The molecule has 0 radical (unpaired) electrons. The molecule has 1 saturated heterocycles. The number of nitrogens with one attached hydrogen (secondary N) is 1. The van der Waals surface area contributed by atoms with Crippen LogP contribution in [0.15, 0.2) is 96.6 Å². The van der Waals surface area contributed by atoms with Crippen molar-refractivity contribution in [2.75, 3.05) is 24.7 Å². The van der Waals surface area contributed by atoms with Crippen LogP contribution in [0, 0.1) is 0 Å². The average Bonchev–Trinajstić information content (AvgIpc) is 3.09. The van der Waals surface area contributed by atoms with Crippen LogP contribution in [0.3, 0.4) is 0 Å². The van der Waals surface area contributed by atoms with Gasteiger partial charge >= 0.3 is 6.03 Å². The van der Waals surface area contributed by atoms with E-state index in [1.165, 1.54) is 6.08 Å². The first-order valence-electron chi connectivity index (χ1n) is 15.9. The topological polar surface area (TPSA) is 113 Å². The molecule has 0 spiro atoms. The molecule has 0 atom stereocenters. The predicted octanol–water partition coefficient (Wildman–Crippen LogP) is 7.10. The monoisotopic (exact) mass is 650 g/mol. The van der Waals surface area contributed by atoms with Gasteiger partial charge in [-0.25, -0.2) is 9.69 Å². The van der Waals surface area contributed by atoms with Gasteiger partial charge in [-0.3, -0.25) is 14.9 Å². The molecule has 10 nitrogen and oxygen atoms in total. The second-order valence-corrected chi connectivity index (χ2v) is 10.7. The Balaban J connectivity index is 1.35. The molecular formula is C38H38N2O8. The zero-order valence-corrected chi connectivity index (χ0v) is 27.2. The van der Waals surface area contributed by atoms with Gasteiger partial charge in [0.25, 0.3) is 11.8 Å². The molecule has 0 aliphatic carbocycles. The second-order valence-electron chi connectivity index (χ2n) is 10.7. The molecule has 4 aromatic rings. The highest BCUT2D eigenvalue weighted by atomic mass is 16.5. The number of benzene rings is 4. The molecule has 0 unspecified atom stereocenters. The molecule has 5 rings (SSSR count). The van der Waals surface area contributed by atoms with Gasteiger partial charge in [0, 0.05) is 11.6 Å². The lowest BCUT2D eigenvalue weighted by Gasteiger charge is -2.27. The molecule has 10 heteroatoms. The second kappa shape index (κ2) is 16.2. The predicted molar refractivity (Wildman–Crippen MR) is 182 cm³/mol. The van der Waals surface area contributed by atoms with E-state index in [1.54, 1.807) is 42.5 Å².